The molecule has 0 aliphatic rings. The zero-order valence-electron chi connectivity index (χ0n) is 9.37. The maximum atomic E-state index is 5.26. The Morgan fingerprint density at radius 3 is 2.36 bits per heavy atom. The molecule has 1 N–H and O–H groups in total. The van der Waals surface area contributed by atoms with E-state index in [1.807, 2.05) is 24.3 Å². The second kappa shape index (κ2) is 4.89. The first-order valence-corrected chi connectivity index (χ1v) is 5.04. The van der Waals surface area contributed by atoms with E-state index in [0.717, 1.165) is 11.4 Å². The van der Waals surface area contributed by atoms with Gasteiger partial charge in [-0.1, -0.05) is 26.0 Å². The molecule has 1 atom stereocenters. The number of rotatable bonds is 4. The standard InChI is InChI=1S/C12H19NO/c1-9(2)10(3)13-11-7-5-6-8-12(11)14-4/h5-10,13H,1-4H3/t10-/m0/s1. The van der Waals surface area contributed by atoms with E-state index in [-0.39, 0.29) is 0 Å². The van der Waals surface area contributed by atoms with Crippen LogP contribution in [0.25, 0.3) is 0 Å². The van der Waals surface area contributed by atoms with Crippen LogP contribution >= 0.6 is 0 Å². The molecule has 0 amide bonds. The summed E-state index contributed by atoms with van der Waals surface area (Å²) in [4.78, 5) is 0. The van der Waals surface area contributed by atoms with Gasteiger partial charge in [-0.3, -0.25) is 0 Å². The van der Waals surface area contributed by atoms with E-state index in [1.54, 1.807) is 7.11 Å². The summed E-state index contributed by atoms with van der Waals surface area (Å²) >= 11 is 0. The molecule has 0 saturated carbocycles. The van der Waals surface area contributed by atoms with Gasteiger partial charge in [0.05, 0.1) is 12.8 Å². The van der Waals surface area contributed by atoms with Crippen molar-refractivity contribution >= 4 is 5.69 Å². The molecule has 1 aromatic rings. The van der Waals surface area contributed by atoms with Gasteiger partial charge in [-0.25, -0.2) is 0 Å². The number of ether oxygens (including phenoxy) is 1. The lowest BCUT2D eigenvalue weighted by Gasteiger charge is -2.20. The maximum absolute atomic E-state index is 5.26. The normalized spacial score (nSPS) is 12.6. The van der Waals surface area contributed by atoms with E-state index in [0.29, 0.717) is 12.0 Å². The summed E-state index contributed by atoms with van der Waals surface area (Å²) in [6, 6.07) is 8.45. The van der Waals surface area contributed by atoms with E-state index < -0.39 is 0 Å². The molecular weight excluding hydrogens is 174 g/mol. The number of anilines is 1. The molecule has 0 fully saturated rings. The van der Waals surface area contributed by atoms with E-state index in [2.05, 4.69) is 26.1 Å². The van der Waals surface area contributed by atoms with Crippen LogP contribution in [-0.2, 0) is 0 Å². The smallest absolute Gasteiger partial charge is 0.141 e. The van der Waals surface area contributed by atoms with Gasteiger partial charge in [0.1, 0.15) is 5.75 Å². The van der Waals surface area contributed by atoms with Crippen molar-refractivity contribution in [1.29, 1.82) is 0 Å². The van der Waals surface area contributed by atoms with Crippen LogP contribution in [0.1, 0.15) is 20.8 Å². The van der Waals surface area contributed by atoms with Gasteiger partial charge in [0, 0.05) is 6.04 Å². The first-order valence-electron chi connectivity index (χ1n) is 5.04. The van der Waals surface area contributed by atoms with Gasteiger partial charge in [-0.05, 0) is 25.0 Å². The molecule has 0 aliphatic heterocycles. The van der Waals surface area contributed by atoms with Crippen molar-refractivity contribution < 1.29 is 4.74 Å². The predicted molar refractivity (Wildman–Crippen MR) is 60.9 cm³/mol. The maximum Gasteiger partial charge on any atom is 0.141 e. The summed E-state index contributed by atoms with van der Waals surface area (Å²) in [6.07, 6.45) is 0. The minimum absolute atomic E-state index is 0.450. The Morgan fingerprint density at radius 2 is 1.79 bits per heavy atom. The molecule has 0 unspecified atom stereocenters. The minimum atomic E-state index is 0.450. The molecule has 0 saturated heterocycles. The van der Waals surface area contributed by atoms with Crippen LogP contribution in [0, 0.1) is 5.92 Å². The molecule has 78 valence electrons. The van der Waals surface area contributed by atoms with Crippen molar-refractivity contribution in [1.82, 2.24) is 0 Å². The van der Waals surface area contributed by atoms with Gasteiger partial charge in [-0.15, -0.1) is 0 Å². The first-order chi connectivity index (χ1) is 6.65. The van der Waals surface area contributed by atoms with Crippen molar-refractivity contribution in [3.05, 3.63) is 24.3 Å². The summed E-state index contributed by atoms with van der Waals surface area (Å²) in [7, 11) is 1.69. The van der Waals surface area contributed by atoms with Crippen LogP contribution in [0.4, 0.5) is 5.69 Å². The highest BCUT2D eigenvalue weighted by molar-refractivity contribution is 5.56. The molecule has 0 radical (unpaired) electrons. The number of para-hydroxylation sites is 2. The molecule has 0 bridgehead atoms. The van der Waals surface area contributed by atoms with Gasteiger partial charge in [0.15, 0.2) is 0 Å². The van der Waals surface area contributed by atoms with Gasteiger partial charge in [-0.2, -0.15) is 0 Å². The Bertz CT molecular complexity index is 283. The fourth-order valence-corrected chi connectivity index (χ4v) is 1.18. The van der Waals surface area contributed by atoms with Crippen LogP contribution in [0.3, 0.4) is 0 Å². The van der Waals surface area contributed by atoms with Gasteiger partial charge in [0.25, 0.3) is 0 Å². The van der Waals surface area contributed by atoms with E-state index >= 15 is 0 Å². The molecule has 2 heteroatoms. The fourth-order valence-electron chi connectivity index (χ4n) is 1.18. The largest absolute Gasteiger partial charge is 0.495 e. The Hall–Kier alpha value is -1.18. The lowest BCUT2D eigenvalue weighted by molar-refractivity contribution is 0.415. The van der Waals surface area contributed by atoms with E-state index in [4.69, 9.17) is 4.74 Å². The van der Waals surface area contributed by atoms with Crippen LogP contribution < -0.4 is 10.1 Å². The second-order valence-corrected chi connectivity index (χ2v) is 3.88. The number of nitrogens with one attached hydrogen (secondary N) is 1. The van der Waals surface area contributed by atoms with Crippen molar-refractivity contribution in [3.8, 4) is 5.75 Å². The predicted octanol–water partition coefficient (Wildman–Crippen LogP) is 3.15. The van der Waals surface area contributed by atoms with Gasteiger partial charge in [0.2, 0.25) is 0 Å². The second-order valence-electron chi connectivity index (χ2n) is 3.88. The number of benzene rings is 1. The summed E-state index contributed by atoms with van der Waals surface area (Å²) in [6.45, 7) is 6.58. The lowest BCUT2D eigenvalue weighted by atomic mass is 10.1. The SMILES string of the molecule is COc1ccccc1N[C@@H](C)C(C)C. The summed E-state index contributed by atoms with van der Waals surface area (Å²) in [5, 5.41) is 3.44. The van der Waals surface area contributed by atoms with Crippen molar-refractivity contribution in [2.45, 2.75) is 26.8 Å². The number of hydrogen-bond acceptors (Lipinski definition) is 2. The van der Waals surface area contributed by atoms with E-state index in [1.165, 1.54) is 0 Å². The molecule has 0 heterocycles. The van der Waals surface area contributed by atoms with Crippen molar-refractivity contribution in [2.24, 2.45) is 5.92 Å². The number of hydrogen-bond donors (Lipinski definition) is 1. The topological polar surface area (TPSA) is 21.3 Å². The summed E-state index contributed by atoms with van der Waals surface area (Å²) in [5.41, 5.74) is 1.07. The molecule has 14 heavy (non-hydrogen) atoms. The molecule has 0 aliphatic carbocycles. The first kappa shape index (κ1) is 10.9. The third-order valence-corrected chi connectivity index (χ3v) is 2.49. The third kappa shape index (κ3) is 2.66. The molecule has 0 aromatic heterocycles. The van der Waals surface area contributed by atoms with Gasteiger partial charge >= 0.3 is 0 Å². The van der Waals surface area contributed by atoms with Crippen LogP contribution in [0.5, 0.6) is 5.75 Å². The summed E-state index contributed by atoms with van der Waals surface area (Å²) < 4.78 is 5.26. The van der Waals surface area contributed by atoms with Crippen LogP contribution in [-0.4, -0.2) is 13.2 Å². The zero-order chi connectivity index (χ0) is 10.6. The minimum Gasteiger partial charge on any atom is -0.495 e. The Morgan fingerprint density at radius 1 is 1.14 bits per heavy atom. The zero-order valence-corrected chi connectivity index (χ0v) is 9.37. The highest BCUT2D eigenvalue weighted by Crippen LogP contribution is 2.24. The summed E-state index contributed by atoms with van der Waals surface area (Å²) in [5.74, 6) is 1.51. The monoisotopic (exact) mass is 193 g/mol. The quantitative estimate of drug-likeness (QED) is 0.793. The van der Waals surface area contributed by atoms with E-state index in [9.17, 15) is 0 Å². The molecule has 2 nitrogen and oxygen atoms in total. The van der Waals surface area contributed by atoms with Crippen LogP contribution in [0.2, 0.25) is 0 Å². The molecule has 0 spiro atoms. The molecule has 1 rings (SSSR count). The van der Waals surface area contributed by atoms with Crippen LogP contribution in [0.15, 0.2) is 24.3 Å². The fraction of sp³-hybridized carbons (Fsp3) is 0.500. The Kier molecular flexibility index (Phi) is 3.81. The molecular formula is C12H19NO. The Labute approximate surface area is 86.3 Å². The average Bonchev–Trinajstić information content (AvgIpc) is 2.18. The lowest BCUT2D eigenvalue weighted by Crippen LogP contribution is -2.21. The van der Waals surface area contributed by atoms with Crippen molar-refractivity contribution in [3.63, 3.8) is 0 Å². The number of methoxy groups -OCH3 is 1. The average molecular weight is 193 g/mol. The highest BCUT2D eigenvalue weighted by atomic mass is 16.5. The highest BCUT2D eigenvalue weighted by Gasteiger charge is 2.08. The molecule has 1 aromatic carbocycles. The van der Waals surface area contributed by atoms with Gasteiger partial charge < -0.3 is 10.1 Å². The van der Waals surface area contributed by atoms with Crippen molar-refractivity contribution in [2.75, 3.05) is 12.4 Å². The Balaban J connectivity index is 2.75. The third-order valence-electron chi connectivity index (χ3n) is 2.49.